The monoisotopic (exact) mass is 790 g/mol. The van der Waals surface area contributed by atoms with Crippen LogP contribution in [-0.4, -0.2) is 153 Å². The molecule has 2 aliphatic heterocycles. The van der Waals surface area contributed by atoms with E-state index in [-0.39, 0.29) is 0 Å². The predicted octanol–water partition coefficient (Wildman–Crippen LogP) is -1.99. The van der Waals surface area contributed by atoms with Crippen LogP contribution in [0, 0.1) is 0 Å². The van der Waals surface area contributed by atoms with Crippen molar-refractivity contribution in [2.75, 3.05) is 13.2 Å². The van der Waals surface area contributed by atoms with E-state index in [1.807, 2.05) is 0 Å². The Morgan fingerprint density at radius 1 is 0.636 bits per heavy atom. The van der Waals surface area contributed by atoms with Crippen LogP contribution in [0.5, 0.6) is 0 Å². The maximum atomic E-state index is 15.0. The van der Waals surface area contributed by atoms with Crippen molar-refractivity contribution in [2.24, 2.45) is 0 Å². The molecule has 2 fully saturated rings. The fraction of sp³-hybridized carbons (Fsp3) is 0.778. The van der Waals surface area contributed by atoms with Gasteiger partial charge in [-0.3, -0.25) is 38.4 Å². The third-order valence-corrected chi connectivity index (χ3v) is 10.6. The first-order valence-electron chi connectivity index (χ1n) is 18.3. The second-order valence-electron chi connectivity index (χ2n) is 13.3. The third-order valence-electron chi connectivity index (χ3n) is 10.6. The molecule has 2 aliphatic rings. The van der Waals surface area contributed by atoms with Crippen LogP contribution < -0.4 is 0 Å². The summed E-state index contributed by atoms with van der Waals surface area (Å²) in [5, 5.41) is 82.1. The van der Waals surface area contributed by atoms with Gasteiger partial charge in [0.1, 0.15) is 24.9 Å². The summed E-state index contributed by atoms with van der Waals surface area (Å²) in [5.41, 5.74) is -21.9. The van der Waals surface area contributed by atoms with Crippen LogP contribution in [0.3, 0.4) is 0 Å². The highest BCUT2D eigenvalue weighted by Crippen LogP contribution is 2.63. The van der Waals surface area contributed by atoms with Crippen LogP contribution in [0.15, 0.2) is 0 Å². The number of ketones is 7. The Morgan fingerprint density at radius 3 is 1.45 bits per heavy atom. The minimum absolute atomic E-state index is 0.767. The van der Waals surface area contributed by atoms with Crippen LogP contribution in [0.1, 0.15) is 107 Å². The van der Waals surface area contributed by atoms with E-state index < -0.39 is 169 Å². The van der Waals surface area contributed by atoms with E-state index in [2.05, 4.69) is 0 Å². The summed E-state index contributed by atoms with van der Waals surface area (Å²) in [6.45, 7) is 5.58. The number of hydrogen-bond donors (Lipinski definition) is 7. The van der Waals surface area contributed by atoms with Gasteiger partial charge in [-0.2, -0.15) is 0 Å². The average molecular weight is 791 g/mol. The lowest BCUT2D eigenvalue weighted by molar-refractivity contribution is -0.466. The molecule has 0 aliphatic carbocycles. The SMILES string of the molecule is CCC(=O)O[C@@]1(C(=O)CC)[C@@](O)(C(=O)CC)[C@](O)(C(=O)CC)[C@@](OC2(CO)O[C@H](CO)[C@@H](O)[C@@H]2O)(C(=O)CC)O[C@]1(C(=O)CC)C(O)(C(=O)CC)C(=O)CC. The number of aliphatic hydroxyl groups is 7. The molecule has 2 rings (SSSR count). The molecule has 55 heavy (non-hydrogen) atoms. The van der Waals surface area contributed by atoms with E-state index in [0.29, 0.717) is 0 Å². The van der Waals surface area contributed by atoms with Gasteiger partial charge in [-0.05, 0) is 0 Å². The number of carbonyl (C=O) groups is 8. The molecule has 312 valence electrons. The molecule has 0 spiro atoms. The van der Waals surface area contributed by atoms with Gasteiger partial charge in [0.2, 0.25) is 33.8 Å². The molecule has 9 atom stereocenters. The fourth-order valence-electron chi connectivity index (χ4n) is 7.73. The number of rotatable bonds is 21. The van der Waals surface area contributed by atoms with E-state index in [0.717, 1.165) is 55.4 Å². The van der Waals surface area contributed by atoms with Gasteiger partial charge in [0, 0.05) is 51.4 Å². The summed E-state index contributed by atoms with van der Waals surface area (Å²) in [6, 6.07) is 0. The first-order chi connectivity index (χ1) is 25.5. The number of esters is 1. The van der Waals surface area contributed by atoms with Gasteiger partial charge in [0.05, 0.1) is 6.61 Å². The zero-order chi connectivity index (χ0) is 42.8. The Balaban J connectivity index is 3.85. The lowest BCUT2D eigenvalue weighted by atomic mass is 9.47. The molecule has 0 aromatic heterocycles. The topological polar surface area (TPSA) is 315 Å². The maximum absolute atomic E-state index is 15.0. The number of aliphatic hydroxyl groups excluding tert-OH is 4. The van der Waals surface area contributed by atoms with Gasteiger partial charge in [-0.15, -0.1) is 0 Å². The minimum atomic E-state index is -4.57. The van der Waals surface area contributed by atoms with E-state index in [4.69, 9.17) is 18.9 Å². The summed E-state index contributed by atoms with van der Waals surface area (Å²) in [7, 11) is 0. The van der Waals surface area contributed by atoms with Gasteiger partial charge in [-0.1, -0.05) is 55.4 Å². The highest BCUT2D eigenvalue weighted by Gasteiger charge is 2.96. The Kier molecular flexibility index (Phi) is 14.9. The summed E-state index contributed by atoms with van der Waals surface area (Å²) >= 11 is 0. The lowest BCUT2D eigenvalue weighted by Crippen LogP contribution is -2.99. The summed E-state index contributed by atoms with van der Waals surface area (Å²) in [5.74, 6) is -21.7. The zero-order valence-corrected chi connectivity index (χ0v) is 32.3. The Bertz CT molecular complexity index is 1540. The third kappa shape index (κ3) is 6.09. The maximum Gasteiger partial charge on any atom is 0.306 e. The second kappa shape index (κ2) is 17.1. The highest BCUT2D eigenvalue weighted by atomic mass is 16.8. The van der Waals surface area contributed by atoms with E-state index in [1.165, 1.54) is 0 Å². The van der Waals surface area contributed by atoms with Crippen molar-refractivity contribution in [3.8, 4) is 0 Å². The van der Waals surface area contributed by atoms with Gasteiger partial charge < -0.3 is 54.7 Å². The smallest absolute Gasteiger partial charge is 0.306 e. The van der Waals surface area contributed by atoms with Crippen LogP contribution in [-0.2, 0) is 57.3 Å². The minimum Gasteiger partial charge on any atom is -0.443 e. The predicted molar refractivity (Wildman–Crippen MR) is 182 cm³/mol. The van der Waals surface area contributed by atoms with Crippen LogP contribution in [0.4, 0.5) is 0 Å². The van der Waals surface area contributed by atoms with E-state index in [1.54, 1.807) is 0 Å². The van der Waals surface area contributed by atoms with Crippen molar-refractivity contribution in [3.63, 3.8) is 0 Å². The number of hydrogen-bond acceptors (Lipinski definition) is 19. The Labute approximate surface area is 317 Å². The van der Waals surface area contributed by atoms with Crippen molar-refractivity contribution in [2.45, 2.75) is 165 Å². The summed E-state index contributed by atoms with van der Waals surface area (Å²) in [6.07, 6.45) is -14.4. The van der Waals surface area contributed by atoms with Crippen molar-refractivity contribution >= 4 is 46.5 Å². The molecule has 1 unspecified atom stereocenters. The average Bonchev–Trinajstić information content (AvgIpc) is 3.44. The zero-order valence-electron chi connectivity index (χ0n) is 32.3. The van der Waals surface area contributed by atoms with Gasteiger partial charge in [-0.25, -0.2) is 0 Å². The second-order valence-corrected chi connectivity index (χ2v) is 13.3. The fourth-order valence-corrected chi connectivity index (χ4v) is 7.73. The van der Waals surface area contributed by atoms with Gasteiger partial charge >= 0.3 is 5.97 Å². The quantitative estimate of drug-likeness (QED) is 0.0489. The van der Waals surface area contributed by atoms with Crippen molar-refractivity contribution in [1.82, 2.24) is 0 Å². The van der Waals surface area contributed by atoms with Crippen LogP contribution >= 0.6 is 0 Å². The molecule has 0 amide bonds. The molecule has 0 saturated carbocycles. The summed E-state index contributed by atoms with van der Waals surface area (Å²) in [4.78, 5) is 116. The van der Waals surface area contributed by atoms with Crippen LogP contribution in [0.2, 0.25) is 0 Å². The Hall–Kier alpha value is -3.24. The molecule has 7 N–H and O–H groups in total. The molecule has 0 aromatic carbocycles. The lowest BCUT2D eigenvalue weighted by Gasteiger charge is -2.68. The summed E-state index contributed by atoms with van der Waals surface area (Å²) < 4.78 is 23.2. The number of ether oxygens (including phenoxy) is 4. The molecule has 2 heterocycles. The first kappa shape index (κ1) is 47.9. The molecule has 2 saturated heterocycles. The molecular formula is C36H54O19. The first-order valence-corrected chi connectivity index (χ1v) is 18.3. The van der Waals surface area contributed by atoms with E-state index in [9.17, 15) is 69.3 Å². The van der Waals surface area contributed by atoms with Gasteiger partial charge in [0.15, 0.2) is 40.5 Å². The van der Waals surface area contributed by atoms with Crippen LogP contribution in [0.25, 0.3) is 0 Å². The standard InChI is InChI=1S/C36H54O19/c1-9-20(39)31(49,21(40)10-2)34(24(43)13-5)35(25(44)14-6,53-27(46)16-8)32(50,22(41)11-3)33(51,23(42)12-4)36(55-34,26(45)15-7)54-30(18-38)29(48)28(47)19(17-37)52-30/h19,28-29,37-38,47-51H,9-18H2,1-8H3/t19-,28-,29+,30?,32-,33-,34-,35+,36-/m1/s1. The molecule has 0 radical (unpaired) electrons. The number of carbonyl (C=O) groups excluding carboxylic acids is 8. The molecular weight excluding hydrogens is 736 g/mol. The van der Waals surface area contributed by atoms with Crippen molar-refractivity contribution in [1.29, 1.82) is 0 Å². The largest absolute Gasteiger partial charge is 0.443 e. The van der Waals surface area contributed by atoms with Crippen molar-refractivity contribution in [3.05, 3.63) is 0 Å². The van der Waals surface area contributed by atoms with E-state index >= 15 is 4.79 Å². The molecule has 19 nitrogen and oxygen atoms in total. The number of Topliss-reactive ketones (excluding diaryl/α,β-unsaturated/α-hetero) is 7. The van der Waals surface area contributed by atoms with Gasteiger partial charge in [0.25, 0.3) is 5.79 Å². The Morgan fingerprint density at radius 2 is 1.09 bits per heavy atom. The molecule has 0 bridgehead atoms. The highest BCUT2D eigenvalue weighted by molar-refractivity contribution is 6.22. The normalized spacial score (nSPS) is 34.9. The molecule has 0 aromatic rings. The molecule has 19 heteroatoms. The van der Waals surface area contributed by atoms with Crippen molar-refractivity contribution < 1.29 is 93.0 Å².